The Morgan fingerprint density at radius 3 is 2.29 bits per heavy atom. The van der Waals surface area contributed by atoms with E-state index in [4.69, 9.17) is 9.47 Å². The summed E-state index contributed by atoms with van der Waals surface area (Å²) in [5, 5.41) is 6.03. The molecule has 34 heavy (non-hydrogen) atoms. The summed E-state index contributed by atoms with van der Waals surface area (Å²) in [7, 11) is 0. The molecule has 0 spiro atoms. The molecule has 186 valence electrons. The molecule has 2 N–H and O–H groups in total. The topological polar surface area (TPSA) is 100 Å². The highest BCUT2D eigenvalue weighted by Crippen LogP contribution is 2.32. The number of rotatable bonds is 4. The van der Waals surface area contributed by atoms with Gasteiger partial charge in [-0.05, 0) is 77.0 Å². The van der Waals surface area contributed by atoms with Crippen LogP contribution in [0.1, 0.15) is 63.2 Å². The van der Waals surface area contributed by atoms with Crippen molar-refractivity contribution in [3.63, 3.8) is 0 Å². The van der Waals surface area contributed by atoms with E-state index in [0.717, 1.165) is 32.4 Å². The van der Waals surface area contributed by atoms with Gasteiger partial charge in [0.05, 0.1) is 0 Å². The first-order valence-corrected chi connectivity index (χ1v) is 12.3. The molecule has 2 fully saturated rings. The number of ether oxygens (including phenoxy) is 2. The minimum atomic E-state index is -0.621. The zero-order valence-electron chi connectivity index (χ0n) is 20.4. The molecule has 1 aromatic carbocycles. The minimum absolute atomic E-state index is 0.0219. The molecule has 4 amide bonds. The fourth-order valence-electron chi connectivity index (χ4n) is 4.79. The fraction of sp³-hybridized carbons (Fsp3) is 0.640. The number of piperidine rings is 2. The molecule has 2 saturated heterocycles. The highest BCUT2D eigenvalue weighted by atomic mass is 16.7. The highest BCUT2D eigenvalue weighted by Gasteiger charge is 2.37. The van der Waals surface area contributed by atoms with Gasteiger partial charge in [0.15, 0.2) is 11.5 Å². The molecule has 1 atom stereocenters. The van der Waals surface area contributed by atoms with E-state index in [2.05, 4.69) is 10.6 Å². The minimum Gasteiger partial charge on any atom is -0.454 e. The number of nitrogens with one attached hydrogen (secondary N) is 2. The summed E-state index contributed by atoms with van der Waals surface area (Å²) in [5.41, 5.74) is 0.127. The van der Waals surface area contributed by atoms with Gasteiger partial charge < -0.3 is 29.9 Å². The largest absolute Gasteiger partial charge is 0.454 e. The van der Waals surface area contributed by atoms with Crippen LogP contribution in [0.4, 0.5) is 4.79 Å². The van der Waals surface area contributed by atoms with Crippen molar-refractivity contribution in [3.8, 4) is 11.5 Å². The van der Waals surface area contributed by atoms with Gasteiger partial charge in [0.2, 0.25) is 12.7 Å². The summed E-state index contributed by atoms with van der Waals surface area (Å²) in [6, 6.07) is 4.34. The summed E-state index contributed by atoms with van der Waals surface area (Å²) >= 11 is 0. The van der Waals surface area contributed by atoms with E-state index < -0.39 is 6.04 Å². The molecule has 0 bridgehead atoms. The molecule has 3 aliphatic rings. The molecule has 0 saturated carbocycles. The summed E-state index contributed by atoms with van der Waals surface area (Å²) in [5.74, 6) is 0.780. The average Bonchev–Trinajstić information content (AvgIpc) is 3.29. The van der Waals surface area contributed by atoms with Crippen molar-refractivity contribution in [1.29, 1.82) is 0 Å². The van der Waals surface area contributed by atoms with Gasteiger partial charge in [-0.2, -0.15) is 0 Å². The molecular weight excluding hydrogens is 436 g/mol. The van der Waals surface area contributed by atoms with Gasteiger partial charge in [-0.1, -0.05) is 0 Å². The second-order valence-corrected chi connectivity index (χ2v) is 10.4. The number of likely N-dealkylation sites (tertiary alicyclic amines) is 2. The molecule has 0 radical (unpaired) electrons. The Hall–Kier alpha value is -2.97. The predicted molar refractivity (Wildman–Crippen MR) is 127 cm³/mol. The third-order valence-electron chi connectivity index (χ3n) is 6.64. The van der Waals surface area contributed by atoms with E-state index >= 15 is 0 Å². The molecule has 1 aromatic rings. The lowest BCUT2D eigenvalue weighted by Crippen LogP contribution is -2.56. The maximum Gasteiger partial charge on any atom is 0.317 e. The number of carbonyl (C=O) groups is 3. The van der Waals surface area contributed by atoms with Crippen LogP contribution in [0.25, 0.3) is 0 Å². The zero-order chi connectivity index (χ0) is 24.3. The van der Waals surface area contributed by atoms with Crippen molar-refractivity contribution < 1.29 is 23.9 Å². The van der Waals surface area contributed by atoms with E-state index in [9.17, 15) is 14.4 Å². The van der Waals surface area contributed by atoms with Crippen LogP contribution >= 0.6 is 0 Å². The van der Waals surface area contributed by atoms with Crippen molar-refractivity contribution in [2.45, 2.75) is 64.5 Å². The van der Waals surface area contributed by atoms with Gasteiger partial charge in [-0.15, -0.1) is 0 Å². The van der Waals surface area contributed by atoms with Gasteiger partial charge in [-0.3, -0.25) is 9.59 Å². The molecule has 0 aromatic heterocycles. The number of fused-ring (bicyclic) bond motifs is 1. The Morgan fingerprint density at radius 2 is 1.62 bits per heavy atom. The molecule has 0 aliphatic carbocycles. The third-order valence-corrected chi connectivity index (χ3v) is 6.64. The van der Waals surface area contributed by atoms with Crippen molar-refractivity contribution in [1.82, 2.24) is 20.4 Å². The van der Waals surface area contributed by atoms with Crippen LogP contribution in [0, 0.1) is 5.92 Å². The van der Waals surface area contributed by atoms with Gasteiger partial charge >= 0.3 is 6.03 Å². The van der Waals surface area contributed by atoms with E-state index in [1.165, 1.54) is 0 Å². The first-order chi connectivity index (χ1) is 16.2. The SMILES string of the molecule is CC(C)(C)NC(=O)N1CCC([C@H](NC(=O)c2ccc3c(c2)OCO3)C(=O)N2CCCCC2)CC1. The maximum atomic E-state index is 13.5. The molecule has 4 rings (SSSR count). The van der Waals surface area contributed by atoms with Crippen LogP contribution in [-0.4, -0.2) is 72.2 Å². The Balaban J connectivity index is 1.45. The van der Waals surface area contributed by atoms with Crippen LogP contribution in [-0.2, 0) is 4.79 Å². The Labute approximate surface area is 201 Å². The maximum absolute atomic E-state index is 13.5. The zero-order valence-corrected chi connectivity index (χ0v) is 20.4. The molecular formula is C25H36N4O5. The molecule has 3 heterocycles. The van der Waals surface area contributed by atoms with E-state index in [1.54, 1.807) is 23.1 Å². The lowest BCUT2D eigenvalue weighted by Gasteiger charge is -2.39. The number of hydrogen-bond acceptors (Lipinski definition) is 5. The van der Waals surface area contributed by atoms with Gasteiger partial charge in [0.1, 0.15) is 6.04 Å². The van der Waals surface area contributed by atoms with Crippen molar-refractivity contribution in [2.75, 3.05) is 33.0 Å². The van der Waals surface area contributed by atoms with Crippen LogP contribution in [0.2, 0.25) is 0 Å². The van der Waals surface area contributed by atoms with Crippen molar-refractivity contribution in [2.24, 2.45) is 5.92 Å². The number of hydrogen-bond donors (Lipinski definition) is 2. The summed E-state index contributed by atoms with van der Waals surface area (Å²) < 4.78 is 10.7. The van der Waals surface area contributed by atoms with E-state index in [-0.39, 0.29) is 36.1 Å². The van der Waals surface area contributed by atoms with Gasteiger partial charge in [0, 0.05) is 37.3 Å². The van der Waals surface area contributed by atoms with Crippen LogP contribution in [0.15, 0.2) is 18.2 Å². The summed E-state index contributed by atoms with van der Waals surface area (Å²) in [6.45, 7) is 8.55. The second kappa shape index (κ2) is 10.1. The number of amides is 4. The predicted octanol–water partition coefficient (Wildman–Crippen LogP) is 2.75. The fourth-order valence-corrected chi connectivity index (χ4v) is 4.79. The quantitative estimate of drug-likeness (QED) is 0.702. The molecule has 0 unspecified atom stereocenters. The van der Waals surface area contributed by atoms with Crippen LogP contribution < -0.4 is 20.1 Å². The Kier molecular flexibility index (Phi) is 7.19. The van der Waals surface area contributed by atoms with Gasteiger partial charge in [0.25, 0.3) is 5.91 Å². The molecule has 9 nitrogen and oxygen atoms in total. The average molecular weight is 473 g/mol. The smallest absolute Gasteiger partial charge is 0.317 e. The summed E-state index contributed by atoms with van der Waals surface area (Å²) in [6.07, 6.45) is 4.41. The van der Waals surface area contributed by atoms with Crippen LogP contribution in [0.3, 0.4) is 0 Å². The van der Waals surface area contributed by atoms with Crippen molar-refractivity contribution >= 4 is 17.8 Å². The Bertz CT molecular complexity index is 914. The molecule has 3 aliphatic heterocycles. The molecule has 9 heteroatoms. The number of urea groups is 1. The number of nitrogens with zero attached hydrogens (tertiary/aromatic N) is 2. The summed E-state index contributed by atoms with van der Waals surface area (Å²) in [4.78, 5) is 42.9. The van der Waals surface area contributed by atoms with E-state index in [0.29, 0.717) is 43.0 Å². The second-order valence-electron chi connectivity index (χ2n) is 10.4. The number of benzene rings is 1. The van der Waals surface area contributed by atoms with E-state index in [1.807, 2.05) is 25.7 Å². The normalized spacial score (nSPS) is 19.5. The first-order valence-electron chi connectivity index (χ1n) is 12.3. The number of carbonyl (C=O) groups excluding carboxylic acids is 3. The lowest BCUT2D eigenvalue weighted by molar-refractivity contribution is -0.136. The first kappa shape index (κ1) is 24.2. The third kappa shape index (κ3) is 5.74. The standard InChI is InChI=1S/C25H36N4O5/c1-25(2,3)27-24(32)29-13-9-17(10-14-29)21(23(31)28-11-5-4-6-12-28)26-22(30)18-7-8-19-20(15-18)34-16-33-19/h7-8,15,17,21H,4-6,9-14,16H2,1-3H3,(H,26,30)(H,27,32)/t21-/m0/s1. The van der Waals surface area contributed by atoms with Gasteiger partial charge in [-0.25, -0.2) is 4.79 Å². The van der Waals surface area contributed by atoms with Crippen molar-refractivity contribution in [3.05, 3.63) is 23.8 Å². The van der Waals surface area contributed by atoms with Crippen LogP contribution in [0.5, 0.6) is 11.5 Å². The Morgan fingerprint density at radius 1 is 0.941 bits per heavy atom. The monoisotopic (exact) mass is 472 g/mol. The lowest BCUT2D eigenvalue weighted by atomic mass is 9.87. The highest BCUT2D eigenvalue weighted by molar-refractivity contribution is 5.98.